The highest BCUT2D eigenvalue weighted by atomic mass is 16.1. The van der Waals surface area contributed by atoms with Crippen LogP contribution in [0.15, 0.2) is 139 Å². The number of rotatable bonds is 11. The first-order valence-corrected chi connectivity index (χ1v) is 7.48. The Balaban J connectivity index is 5.41. The van der Waals surface area contributed by atoms with Gasteiger partial charge in [-0.2, -0.15) is 0 Å². The Morgan fingerprint density at radius 3 is 1.08 bits per heavy atom. The molecule has 132 valence electrons. The lowest BCUT2D eigenvalue weighted by molar-refractivity contribution is -0.114. The third-order valence-electron chi connectivity index (χ3n) is 3.95. The van der Waals surface area contributed by atoms with E-state index < -0.39 is 5.91 Å². The van der Waals surface area contributed by atoms with E-state index in [1.807, 2.05) is 0 Å². The number of carbonyl (C=O) groups is 1. The second kappa shape index (κ2) is 9.09. The first-order chi connectivity index (χ1) is 11.9. The van der Waals surface area contributed by atoms with Crippen molar-refractivity contribution >= 4 is 12.6 Å². The summed E-state index contributed by atoms with van der Waals surface area (Å²) in [6.07, 6.45) is 1.58. The van der Waals surface area contributed by atoms with Gasteiger partial charge in [-0.25, -0.2) is 4.99 Å². The van der Waals surface area contributed by atoms with Gasteiger partial charge in [0.15, 0.2) is 0 Å². The van der Waals surface area contributed by atoms with E-state index in [2.05, 4.69) is 84.1 Å². The summed E-state index contributed by atoms with van der Waals surface area (Å²) in [4.78, 5) is 14.9. The van der Waals surface area contributed by atoms with Gasteiger partial charge in [-0.15, -0.1) is 0 Å². The lowest BCUT2D eigenvalue weighted by Gasteiger charge is -2.20. The Morgan fingerprint density at radius 2 is 0.808 bits per heavy atom. The second-order valence-corrected chi connectivity index (χ2v) is 5.50. The fourth-order valence-corrected chi connectivity index (χ4v) is 1.82. The normalized spacial score (nSPS) is 9.23. The molecule has 0 saturated carbocycles. The molecule has 1 amide bonds. The first kappa shape index (κ1) is 22.5. The molecule has 0 radical (unpaired) electrons. The largest absolute Gasteiger partial charge is 0.276 e. The number of nitrogens with zero attached hydrogens (tertiary/aromatic N) is 1. The van der Waals surface area contributed by atoms with Gasteiger partial charge in [0.25, 0.3) is 5.91 Å². The van der Waals surface area contributed by atoms with Gasteiger partial charge in [0.2, 0.25) is 0 Å². The van der Waals surface area contributed by atoms with E-state index in [0.717, 1.165) is 0 Å². The van der Waals surface area contributed by atoms with Gasteiger partial charge in [-0.05, 0) is 56.9 Å². The highest BCUT2D eigenvalue weighted by Gasteiger charge is 2.18. The minimum absolute atomic E-state index is 0.0865. The van der Waals surface area contributed by atoms with Gasteiger partial charge < -0.3 is 0 Å². The molecule has 2 nitrogen and oxygen atoms in total. The molecule has 0 saturated heterocycles. The SMILES string of the molecule is C=CC(=C)C(=C)C(=C)C(=C)C(=C)C(=C)C(=C)C(=C)C(=C)C(=C)C(=O)N=C. The van der Waals surface area contributed by atoms with E-state index in [9.17, 15) is 4.79 Å². The monoisotopic (exact) mass is 343 g/mol. The maximum Gasteiger partial charge on any atom is 0.276 e. The molecule has 0 aliphatic rings. The average molecular weight is 343 g/mol. The fourth-order valence-electron chi connectivity index (χ4n) is 1.82. The van der Waals surface area contributed by atoms with E-state index in [4.69, 9.17) is 0 Å². The van der Waals surface area contributed by atoms with Crippen molar-refractivity contribution < 1.29 is 4.79 Å². The van der Waals surface area contributed by atoms with Crippen molar-refractivity contribution in [3.63, 3.8) is 0 Å². The molecule has 0 N–H and O–H groups in total. The van der Waals surface area contributed by atoms with E-state index >= 15 is 0 Å². The van der Waals surface area contributed by atoms with Crippen LogP contribution in [0, 0.1) is 0 Å². The van der Waals surface area contributed by atoms with Gasteiger partial charge in [0, 0.05) is 5.57 Å². The van der Waals surface area contributed by atoms with E-state index in [1.54, 1.807) is 6.08 Å². The van der Waals surface area contributed by atoms with Crippen LogP contribution in [-0.2, 0) is 4.79 Å². The predicted octanol–water partition coefficient (Wildman–Crippen LogP) is 5.96. The summed E-state index contributed by atoms with van der Waals surface area (Å²) >= 11 is 0. The number of amides is 1. The maximum atomic E-state index is 11.6. The first-order valence-electron chi connectivity index (χ1n) is 7.48. The van der Waals surface area contributed by atoms with Crippen LogP contribution in [0.25, 0.3) is 0 Å². The predicted molar refractivity (Wildman–Crippen MR) is 116 cm³/mol. The van der Waals surface area contributed by atoms with Crippen LogP contribution in [0.5, 0.6) is 0 Å². The fraction of sp³-hybridized carbons (Fsp3) is 0. The Morgan fingerprint density at radius 1 is 0.538 bits per heavy atom. The van der Waals surface area contributed by atoms with Gasteiger partial charge in [0.05, 0.1) is 0 Å². The Hall–Kier alpha value is -3.52. The van der Waals surface area contributed by atoms with Crippen molar-refractivity contribution in [2.24, 2.45) is 4.99 Å². The van der Waals surface area contributed by atoms with Crippen LogP contribution in [0.2, 0.25) is 0 Å². The molecule has 0 atom stereocenters. The summed E-state index contributed by atoms with van der Waals surface area (Å²) < 4.78 is 0. The summed E-state index contributed by atoms with van der Waals surface area (Å²) in [5, 5.41) is 0. The van der Waals surface area contributed by atoms with Gasteiger partial charge >= 0.3 is 0 Å². The van der Waals surface area contributed by atoms with Gasteiger partial charge in [-0.1, -0.05) is 78.4 Å². The molecule has 0 rings (SSSR count). The zero-order valence-corrected chi connectivity index (χ0v) is 15.4. The Labute approximate surface area is 157 Å². The molecule has 0 aliphatic carbocycles. The number of aliphatic imine (C=N–C) groups is 1. The van der Waals surface area contributed by atoms with Crippen molar-refractivity contribution in [3.05, 3.63) is 134 Å². The van der Waals surface area contributed by atoms with Gasteiger partial charge in [-0.3, -0.25) is 4.79 Å². The van der Waals surface area contributed by atoms with Crippen LogP contribution in [0.1, 0.15) is 0 Å². The van der Waals surface area contributed by atoms with E-state index in [-0.39, 0.29) is 5.57 Å². The minimum atomic E-state index is -0.578. The molecule has 2 heteroatoms. The summed E-state index contributed by atoms with van der Waals surface area (Å²) in [6.45, 7) is 45.9. The number of carbonyl (C=O) groups excluding carboxylic acids is 1. The third kappa shape index (κ3) is 4.74. The van der Waals surface area contributed by atoms with Crippen LogP contribution in [0.3, 0.4) is 0 Å². The smallest absolute Gasteiger partial charge is 0.267 e. The van der Waals surface area contributed by atoms with Crippen LogP contribution < -0.4 is 0 Å². The van der Waals surface area contributed by atoms with Gasteiger partial charge in [0.1, 0.15) is 0 Å². The highest BCUT2D eigenvalue weighted by molar-refractivity contribution is 6.01. The van der Waals surface area contributed by atoms with Crippen molar-refractivity contribution in [2.75, 3.05) is 0 Å². The summed E-state index contributed by atoms with van der Waals surface area (Å²) in [7, 11) is 0. The average Bonchev–Trinajstić information content (AvgIpc) is 2.66. The molecule has 0 spiro atoms. The quantitative estimate of drug-likeness (QED) is 0.258. The Kier molecular flexibility index (Phi) is 7.86. The topological polar surface area (TPSA) is 29.4 Å². The van der Waals surface area contributed by atoms with Crippen molar-refractivity contribution in [1.82, 2.24) is 0 Å². The number of allylic oxidation sites excluding steroid dienone is 9. The lowest BCUT2D eigenvalue weighted by Crippen LogP contribution is -2.05. The maximum absolute atomic E-state index is 11.6. The molecule has 26 heavy (non-hydrogen) atoms. The standard InChI is InChI=1S/C24H25NO/c1-13-14(2)15(3)16(4)17(5)18(6)19(7)20(8)21(9)22(10)23(11)24(26)25-12/h13H,1-12H2. The molecular formula is C24H25NO. The molecule has 0 heterocycles. The zero-order valence-electron chi connectivity index (χ0n) is 15.4. The number of hydrogen-bond donors (Lipinski definition) is 0. The zero-order chi connectivity index (χ0) is 20.8. The van der Waals surface area contributed by atoms with E-state index in [0.29, 0.717) is 50.2 Å². The van der Waals surface area contributed by atoms with Crippen molar-refractivity contribution in [1.29, 1.82) is 0 Å². The Bertz CT molecular complexity index is 783. The second-order valence-electron chi connectivity index (χ2n) is 5.50. The number of hydrogen-bond acceptors (Lipinski definition) is 1. The summed E-state index contributed by atoms with van der Waals surface area (Å²) in [6, 6.07) is 0. The molecular weight excluding hydrogens is 318 g/mol. The summed E-state index contributed by atoms with van der Waals surface area (Å²) in [5.74, 6) is -0.578. The summed E-state index contributed by atoms with van der Waals surface area (Å²) in [5.41, 5.74) is 4.54. The molecule has 0 unspecified atom stereocenters. The molecule has 0 aromatic carbocycles. The van der Waals surface area contributed by atoms with Crippen molar-refractivity contribution in [2.45, 2.75) is 0 Å². The van der Waals surface area contributed by atoms with E-state index in [1.165, 1.54) is 0 Å². The molecule has 0 aromatic rings. The van der Waals surface area contributed by atoms with Crippen LogP contribution in [0.4, 0.5) is 0 Å². The van der Waals surface area contributed by atoms with Crippen LogP contribution >= 0.6 is 0 Å². The lowest BCUT2D eigenvalue weighted by atomic mass is 9.84. The third-order valence-corrected chi connectivity index (χ3v) is 3.95. The molecule has 0 aromatic heterocycles. The minimum Gasteiger partial charge on any atom is -0.267 e. The molecule has 0 bridgehead atoms. The molecule has 0 aliphatic heterocycles. The van der Waals surface area contributed by atoms with Crippen molar-refractivity contribution in [3.8, 4) is 0 Å². The highest BCUT2D eigenvalue weighted by Crippen LogP contribution is 2.34. The molecule has 0 fully saturated rings. The van der Waals surface area contributed by atoms with Crippen LogP contribution in [-0.4, -0.2) is 12.6 Å².